The van der Waals surface area contributed by atoms with Crippen LogP contribution >= 0.6 is 11.6 Å². The fourth-order valence-corrected chi connectivity index (χ4v) is 3.31. The van der Waals surface area contributed by atoms with E-state index in [1.165, 1.54) is 19.3 Å². The summed E-state index contributed by atoms with van der Waals surface area (Å²) in [5.74, 6) is 1.01. The van der Waals surface area contributed by atoms with Crippen LogP contribution in [0.15, 0.2) is 40.8 Å². The molecule has 5 heteroatoms. The maximum Gasteiger partial charge on any atom is 0.287 e. The van der Waals surface area contributed by atoms with Crippen molar-refractivity contribution >= 4 is 17.5 Å². The van der Waals surface area contributed by atoms with E-state index in [-0.39, 0.29) is 11.9 Å². The molecule has 2 heterocycles. The molecule has 24 heavy (non-hydrogen) atoms. The molecule has 1 fully saturated rings. The molecular formula is C19H23ClN2O2. The Morgan fingerprint density at radius 3 is 2.79 bits per heavy atom. The third kappa shape index (κ3) is 4.19. The van der Waals surface area contributed by atoms with E-state index < -0.39 is 0 Å². The summed E-state index contributed by atoms with van der Waals surface area (Å²) < 4.78 is 5.79. The maximum absolute atomic E-state index is 12.3. The summed E-state index contributed by atoms with van der Waals surface area (Å²) >= 11 is 5.95. The first-order chi connectivity index (χ1) is 11.6. The number of likely N-dealkylation sites (tertiary alicyclic amines) is 1. The Kier molecular flexibility index (Phi) is 5.59. The van der Waals surface area contributed by atoms with Crippen molar-refractivity contribution in [1.29, 1.82) is 0 Å². The van der Waals surface area contributed by atoms with Crippen LogP contribution in [0.25, 0.3) is 0 Å². The number of halogens is 1. The highest BCUT2D eigenvalue weighted by Crippen LogP contribution is 2.25. The Morgan fingerprint density at radius 2 is 2.04 bits per heavy atom. The molecule has 1 aliphatic rings. The van der Waals surface area contributed by atoms with Crippen LogP contribution in [0, 0.1) is 0 Å². The maximum atomic E-state index is 12.3. The van der Waals surface area contributed by atoms with Gasteiger partial charge in [-0.05, 0) is 62.7 Å². The van der Waals surface area contributed by atoms with Gasteiger partial charge in [0.25, 0.3) is 5.91 Å². The molecule has 0 aliphatic carbocycles. The lowest BCUT2D eigenvalue weighted by Crippen LogP contribution is -2.32. The Morgan fingerprint density at radius 1 is 1.25 bits per heavy atom. The van der Waals surface area contributed by atoms with Crippen LogP contribution in [0.5, 0.6) is 0 Å². The SMILES string of the molecule is CC(c1ccc(C(=O)NCc2cccc(Cl)c2)o1)N1CCCCC1. The van der Waals surface area contributed by atoms with E-state index >= 15 is 0 Å². The predicted molar refractivity (Wildman–Crippen MR) is 95.2 cm³/mol. The number of benzene rings is 1. The molecule has 1 aliphatic heterocycles. The van der Waals surface area contributed by atoms with E-state index in [0.29, 0.717) is 17.3 Å². The molecule has 0 radical (unpaired) electrons. The predicted octanol–water partition coefficient (Wildman–Crippen LogP) is 4.41. The van der Waals surface area contributed by atoms with Crippen LogP contribution in [0.1, 0.15) is 54.1 Å². The van der Waals surface area contributed by atoms with Crippen molar-refractivity contribution in [2.24, 2.45) is 0 Å². The molecule has 0 bridgehead atoms. The highest BCUT2D eigenvalue weighted by molar-refractivity contribution is 6.30. The number of hydrogen-bond donors (Lipinski definition) is 1. The normalized spacial score (nSPS) is 16.8. The summed E-state index contributed by atoms with van der Waals surface area (Å²) in [4.78, 5) is 14.7. The van der Waals surface area contributed by atoms with E-state index in [9.17, 15) is 4.79 Å². The van der Waals surface area contributed by atoms with Gasteiger partial charge in [0.05, 0.1) is 6.04 Å². The largest absolute Gasteiger partial charge is 0.454 e. The third-order valence-corrected chi connectivity index (χ3v) is 4.78. The van der Waals surface area contributed by atoms with E-state index in [2.05, 4.69) is 17.1 Å². The van der Waals surface area contributed by atoms with Gasteiger partial charge in [-0.15, -0.1) is 0 Å². The molecule has 1 aromatic carbocycles. The van der Waals surface area contributed by atoms with E-state index in [4.69, 9.17) is 16.0 Å². The van der Waals surface area contributed by atoms with E-state index in [0.717, 1.165) is 24.4 Å². The quantitative estimate of drug-likeness (QED) is 0.872. The number of nitrogens with one attached hydrogen (secondary N) is 1. The summed E-state index contributed by atoms with van der Waals surface area (Å²) in [6.45, 7) is 4.76. The minimum Gasteiger partial charge on any atom is -0.454 e. The van der Waals surface area contributed by atoms with Crippen LogP contribution < -0.4 is 5.32 Å². The van der Waals surface area contributed by atoms with Crippen molar-refractivity contribution in [3.05, 3.63) is 58.5 Å². The Balaban J connectivity index is 1.59. The zero-order chi connectivity index (χ0) is 16.9. The number of furan rings is 1. The second-order valence-corrected chi connectivity index (χ2v) is 6.72. The number of carbonyl (C=O) groups excluding carboxylic acids is 1. The first-order valence-electron chi connectivity index (χ1n) is 8.50. The molecule has 0 spiro atoms. The van der Waals surface area contributed by atoms with Crippen LogP contribution in [0.4, 0.5) is 0 Å². The zero-order valence-electron chi connectivity index (χ0n) is 13.9. The molecule has 1 atom stereocenters. The van der Waals surface area contributed by atoms with Gasteiger partial charge in [0.2, 0.25) is 0 Å². The van der Waals surface area contributed by atoms with Gasteiger partial charge in [-0.3, -0.25) is 9.69 Å². The Hall–Kier alpha value is -1.78. The number of nitrogens with zero attached hydrogens (tertiary/aromatic N) is 1. The minimum absolute atomic E-state index is 0.202. The lowest BCUT2D eigenvalue weighted by molar-refractivity contribution is 0.0914. The summed E-state index contributed by atoms with van der Waals surface area (Å²) in [5.41, 5.74) is 0.962. The molecule has 1 N–H and O–H groups in total. The third-order valence-electron chi connectivity index (χ3n) is 4.54. The van der Waals surface area contributed by atoms with Crippen molar-refractivity contribution in [2.75, 3.05) is 13.1 Å². The first kappa shape index (κ1) is 17.1. The Bertz CT molecular complexity index is 692. The molecule has 4 nitrogen and oxygen atoms in total. The summed E-state index contributed by atoms with van der Waals surface area (Å²) in [7, 11) is 0. The molecule has 1 aromatic heterocycles. The second-order valence-electron chi connectivity index (χ2n) is 6.29. The molecular weight excluding hydrogens is 324 g/mol. The second kappa shape index (κ2) is 7.86. The summed E-state index contributed by atoms with van der Waals surface area (Å²) in [6, 6.07) is 11.3. The van der Waals surface area contributed by atoms with Crippen molar-refractivity contribution in [3.8, 4) is 0 Å². The van der Waals surface area contributed by atoms with Crippen LogP contribution in [-0.2, 0) is 6.54 Å². The molecule has 1 saturated heterocycles. The first-order valence-corrected chi connectivity index (χ1v) is 8.88. The molecule has 0 saturated carbocycles. The number of rotatable bonds is 5. The fraction of sp³-hybridized carbons (Fsp3) is 0.421. The van der Waals surface area contributed by atoms with Gasteiger partial charge in [0, 0.05) is 11.6 Å². The van der Waals surface area contributed by atoms with Crippen molar-refractivity contribution in [2.45, 2.75) is 38.8 Å². The van der Waals surface area contributed by atoms with Gasteiger partial charge in [-0.1, -0.05) is 30.2 Å². The Labute approximate surface area is 147 Å². The van der Waals surface area contributed by atoms with Crippen LogP contribution in [0.3, 0.4) is 0 Å². The van der Waals surface area contributed by atoms with E-state index in [1.807, 2.05) is 30.3 Å². The lowest BCUT2D eigenvalue weighted by atomic mass is 10.1. The highest BCUT2D eigenvalue weighted by atomic mass is 35.5. The average molecular weight is 347 g/mol. The smallest absolute Gasteiger partial charge is 0.287 e. The molecule has 2 aromatic rings. The number of carbonyl (C=O) groups is 1. The van der Waals surface area contributed by atoms with Crippen LogP contribution in [-0.4, -0.2) is 23.9 Å². The molecule has 3 rings (SSSR count). The molecule has 1 unspecified atom stereocenters. The number of hydrogen-bond acceptors (Lipinski definition) is 3. The lowest BCUT2D eigenvalue weighted by Gasteiger charge is -2.31. The van der Waals surface area contributed by atoms with Gasteiger partial charge in [0.15, 0.2) is 5.76 Å². The van der Waals surface area contributed by atoms with E-state index in [1.54, 1.807) is 6.07 Å². The molecule has 1 amide bonds. The summed E-state index contributed by atoms with van der Waals surface area (Å²) in [6.07, 6.45) is 3.77. The number of amides is 1. The van der Waals surface area contributed by atoms with Gasteiger partial charge in [-0.2, -0.15) is 0 Å². The van der Waals surface area contributed by atoms with Crippen LogP contribution in [0.2, 0.25) is 5.02 Å². The van der Waals surface area contributed by atoms with Crippen molar-refractivity contribution in [3.63, 3.8) is 0 Å². The minimum atomic E-state index is -0.202. The van der Waals surface area contributed by atoms with Gasteiger partial charge < -0.3 is 9.73 Å². The topological polar surface area (TPSA) is 45.5 Å². The molecule has 128 valence electrons. The number of piperidine rings is 1. The average Bonchev–Trinajstić information content (AvgIpc) is 3.10. The highest BCUT2D eigenvalue weighted by Gasteiger charge is 2.22. The fourth-order valence-electron chi connectivity index (χ4n) is 3.10. The standard InChI is InChI=1S/C19H23ClN2O2/c1-14(22-10-3-2-4-11-22)17-8-9-18(24-17)19(23)21-13-15-6-5-7-16(20)12-15/h5-9,12,14H,2-4,10-11,13H2,1H3,(H,21,23). The van der Waals surface area contributed by atoms with Gasteiger partial charge >= 0.3 is 0 Å². The van der Waals surface area contributed by atoms with Gasteiger partial charge in [0.1, 0.15) is 5.76 Å². The monoisotopic (exact) mass is 346 g/mol. The van der Waals surface area contributed by atoms with Crippen molar-refractivity contribution in [1.82, 2.24) is 10.2 Å². The zero-order valence-corrected chi connectivity index (χ0v) is 14.7. The van der Waals surface area contributed by atoms with Crippen molar-refractivity contribution < 1.29 is 9.21 Å². The van der Waals surface area contributed by atoms with Gasteiger partial charge in [-0.25, -0.2) is 0 Å². The summed E-state index contributed by atoms with van der Waals surface area (Å²) in [5, 5.41) is 3.53.